The van der Waals surface area contributed by atoms with Gasteiger partial charge >= 0.3 is 0 Å². The van der Waals surface area contributed by atoms with Crippen LogP contribution in [0.3, 0.4) is 0 Å². The normalized spacial score (nSPS) is 10.8. The molecule has 1 aromatic heterocycles. The highest BCUT2D eigenvalue weighted by Gasteiger charge is 2.10. The summed E-state index contributed by atoms with van der Waals surface area (Å²) < 4.78 is 2.41. The smallest absolute Gasteiger partial charge is 0.221 e. The Kier molecular flexibility index (Phi) is 7.45. The van der Waals surface area contributed by atoms with Gasteiger partial charge in [-0.05, 0) is 24.7 Å². The van der Waals surface area contributed by atoms with Crippen LogP contribution in [0.25, 0.3) is 11.4 Å². The lowest BCUT2D eigenvalue weighted by Gasteiger charge is -2.08. The molecule has 5 nitrogen and oxygen atoms in total. The van der Waals surface area contributed by atoms with E-state index < -0.39 is 0 Å². The Morgan fingerprint density at radius 2 is 1.93 bits per heavy atom. The third-order valence-electron chi connectivity index (χ3n) is 4.31. The standard InChI is InChI=1S/C21H24N4OS2/c1-16-7-9-18(10-8-16)20-23-24-21(27)25(20)13-11-19(26)22-12-14-28-15-17-5-3-2-4-6-17/h2-10H,11-15H2,1H3,(H,22,26)(H,24,27). The topological polar surface area (TPSA) is 62.7 Å². The van der Waals surface area contributed by atoms with Crippen LogP contribution < -0.4 is 5.32 Å². The predicted molar refractivity (Wildman–Crippen MR) is 118 cm³/mol. The van der Waals surface area contributed by atoms with Gasteiger partial charge in [0.15, 0.2) is 10.6 Å². The number of aryl methyl sites for hydroxylation is 1. The number of hydrogen-bond acceptors (Lipinski definition) is 4. The van der Waals surface area contributed by atoms with E-state index in [0.717, 1.165) is 22.9 Å². The van der Waals surface area contributed by atoms with E-state index in [-0.39, 0.29) is 5.91 Å². The van der Waals surface area contributed by atoms with Crippen molar-refractivity contribution in [3.8, 4) is 11.4 Å². The van der Waals surface area contributed by atoms with Crippen molar-refractivity contribution in [2.75, 3.05) is 12.3 Å². The third kappa shape index (κ3) is 5.81. The number of carbonyl (C=O) groups excluding carboxylic acids is 1. The number of H-pyrrole nitrogens is 1. The molecule has 0 radical (unpaired) electrons. The number of benzene rings is 2. The number of rotatable bonds is 9. The van der Waals surface area contributed by atoms with Crippen molar-refractivity contribution in [1.29, 1.82) is 0 Å². The summed E-state index contributed by atoms with van der Waals surface area (Å²) in [5, 5.41) is 10.1. The van der Waals surface area contributed by atoms with Gasteiger partial charge in [-0.15, -0.1) is 0 Å². The van der Waals surface area contributed by atoms with Crippen LogP contribution in [0.15, 0.2) is 54.6 Å². The number of nitrogens with zero attached hydrogens (tertiary/aromatic N) is 2. The molecular formula is C21H24N4OS2. The number of aromatic nitrogens is 3. The van der Waals surface area contributed by atoms with Crippen LogP contribution >= 0.6 is 24.0 Å². The first-order valence-electron chi connectivity index (χ1n) is 9.24. The van der Waals surface area contributed by atoms with E-state index in [0.29, 0.717) is 24.3 Å². The Balaban J connectivity index is 1.44. The van der Waals surface area contributed by atoms with Crippen molar-refractivity contribution in [1.82, 2.24) is 20.1 Å². The van der Waals surface area contributed by atoms with Crippen LogP contribution in [0, 0.1) is 11.7 Å². The lowest BCUT2D eigenvalue weighted by Crippen LogP contribution is -2.26. The molecule has 0 bridgehead atoms. The molecule has 0 aliphatic heterocycles. The summed E-state index contributed by atoms with van der Waals surface area (Å²) in [5.41, 5.74) is 3.47. The SMILES string of the molecule is Cc1ccc(-c2n[nH]c(=S)n2CCC(=O)NCCSCc2ccccc2)cc1. The molecule has 28 heavy (non-hydrogen) atoms. The maximum Gasteiger partial charge on any atom is 0.221 e. The number of amides is 1. The van der Waals surface area contributed by atoms with Crippen molar-refractivity contribution in [2.45, 2.75) is 25.6 Å². The molecule has 0 aliphatic rings. The minimum Gasteiger partial charge on any atom is -0.355 e. The Morgan fingerprint density at radius 1 is 1.18 bits per heavy atom. The highest BCUT2D eigenvalue weighted by molar-refractivity contribution is 7.98. The number of thioether (sulfide) groups is 1. The van der Waals surface area contributed by atoms with Gasteiger partial charge in [0.1, 0.15) is 0 Å². The predicted octanol–water partition coefficient (Wildman–Crippen LogP) is 4.36. The molecule has 2 N–H and O–H groups in total. The largest absolute Gasteiger partial charge is 0.355 e. The molecule has 0 saturated heterocycles. The van der Waals surface area contributed by atoms with Gasteiger partial charge in [0.2, 0.25) is 5.91 Å². The quantitative estimate of drug-likeness (QED) is 0.405. The average molecular weight is 413 g/mol. The fraction of sp³-hybridized carbons (Fsp3) is 0.286. The minimum absolute atomic E-state index is 0.0262. The highest BCUT2D eigenvalue weighted by Crippen LogP contribution is 2.18. The maximum atomic E-state index is 12.2. The van der Waals surface area contributed by atoms with E-state index in [2.05, 4.69) is 27.6 Å². The first-order chi connectivity index (χ1) is 13.6. The van der Waals surface area contributed by atoms with Crippen molar-refractivity contribution < 1.29 is 4.79 Å². The van der Waals surface area contributed by atoms with Crippen LogP contribution in [-0.4, -0.2) is 33.0 Å². The van der Waals surface area contributed by atoms with Gasteiger partial charge < -0.3 is 5.32 Å². The number of carbonyl (C=O) groups is 1. The van der Waals surface area contributed by atoms with Crippen molar-refractivity contribution in [3.63, 3.8) is 0 Å². The van der Waals surface area contributed by atoms with E-state index in [1.54, 1.807) is 0 Å². The Bertz CT molecular complexity index is 949. The van der Waals surface area contributed by atoms with Crippen LogP contribution in [-0.2, 0) is 17.1 Å². The lowest BCUT2D eigenvalue weighted by atomic mass is 10.1. The summed E-state index contributed by atoms with van der Waals surface area (Å²) >= 11 is 7.14. The van der Waals surface area contributed by atoms with Crippen molar-refractivity contribution >= 4 is 29.9 Å². The van der Waals surface area contributed by atoms with E-state index in [4.69, 9.17) is 12.2 Å². The van der Waals surface area contributed by atoms with E-state index in [9.17, 15) is 4.79 Å². The Labute approximate surface area is 174 Å². The van der Waals surface area contributed by atoms with Crippen molar-refractivity contribution in [3.05, 3.63) is 70.5 Å². The Morgan fingerprint density at radius 3 is 2.68 bits per heavy atom. The van der Waals surface area contributed by atoms with E-state index in [1.807, 2.05) is 65.7 Å². The van der Waals surface area contributed by atoms with Gasteiger partial charge in [-0.3, -0.25) is 14.5 Å². The van der Waals surface area contributed by atoms with Gasteiger partial charge in [0.05, 0.1) is 0 Å². The zero-order valence-corrected chi connectivity index (χ0v) is 17.5. The molecular weight excluding hydrogens is 388 g/mol. The second kappa shape index (κ2) is 10.2. The number of nitrogens with one attached hydrogen (secondary N) is 2. The molecule has 0 aliphatic carbocycles. The second-order valence-electron chi connectivity index (χ2n) is 6.51. The zero-order chi connectivity index (χ0) is 19.8. The maximum absolute atomic E-state index is 12.2. The van der Waals surface area contributed by atoms with Crippen LogP contribution in [0.1, 0.15) is 17.5 Å². The molecule has 0 spiro atoms. The Hall–Kier alpha value is -2.38. The summed E-state index contributed by atoms with van der Waals surface area (Å²) in [7, 11) is 0. The fourth-order valence-corrected chi connectivity index (χ4v) is 3.82. The second-order valence-corrected chi connectivity index (χ2v) is 8.00. The fourth-order valence-electron chi connectivity index (χ4n) is 2.78. The summed E-state index contributed by atoms with van der Waals surface area (Å²) in [5.74, 6) is 2.63. The molecule has 3 aromatic rings. The highest BCUT2D eigenvalue weighted by atomic mass is 32.2. The van der Waals surface area contributed by atoms with Crippen LogP contribution in [0.4, 0.5) is 0 Å². The molecule has 1 heterocycles. The molecule has 0 fully saturated rings. The molecule has 1 amide bonds. The van der Waals surface area contributed by atoms with Crippen LogP contribution in [0.2, 0.25) is 0 Å². The third-order valence-corrected chi connectivity index (χ3v) is 5.65. The zero-order valence-electron chi connectivity index (χ0n) is 15.9. The summed E-state index contributed by atoms with van der Waals surface area (Å²) in [6.07, 6.45) is 0.371. The monoisotopic (exact) mass is 412 g/mol. The number of aromatic amines is 1. The summed E-state index contributed by atoms with van der Waals surface area (Å²) in [6, 6.07) is 18.4. The van der Waals surface area contributed by atoms with Gasteiger partial charge in [-0.1, -0.05) is 60.2 Å². The molecule has 3 rings (SSSR count). The minimum atomic E-state index is 0.0262. The molecule has 146 valence electrons. The van der Waals surface area contributed by atoms with Gasteiger partial charge in [0, 0.05) is 36.6 Å². The summed E-state index contributed by atoms with van der Waals surface area (Å²) in [4.78, 5) is 12.2. The van der Waals surface area contributed by atoms with Crippen LogP contribution in [0.5, 0.6) is 0 Å². The van der Waals surface area contributed by atoms with E-state index in [1.165, 1.54) is 11.1 Å². The van der Waals surface area contributed by atoms with E-state index >= 15 is 0 Å². The molecule has 7 heteroatoms. The first-order valence-corrected chi connectivity index (χ1v) is 10.8. The summed E-state index contributed by atoms with van der Waals surface area (Å²) in [6.45, 7) is 3.21. The van der Waals surface area contributed by atoms with Gasteiger partial charge in [-0.25, -0.2) is 0 Å². The first kappa shape index (κ1) is 20.4. The molecule has 0 atom stereocenters. The average Bonchev–Trinajstić information content (AvgIpc) is 3.08. The van der Waals surface area contributed by atoms with Gasteiger partial charge in [0.25, 0.3) is 0 Å². The van der Waals surface area contributed by atoms with Crippen molar-refractivity contribution in [2.24, 2.45) is 0 Å². The number of hydrogen-bond donors (Lipinski definition) is 2. The molecule has 2 aromatic carbocycles. The van der Waals surface area contributed by atoms with Gasteiger partial charge in [-0.2, -0.15) is 16.9 Å². The lowest BCUT2D eigenvalue weighted by molar-refractivity contribution is -0.121. The molecule has 0 unspecified atom stereocenters. The molecule has 0 saturated carbocycles.